The number of aryl methyl sites for hydroxylation is 1. The van der Waals surface area contributed by atoms with Crippen LogP contribution < -0.4 is 9.62 Å². The van der Waals surface area contributed by atoms with E-state index in [1.54, 1.807) is 0 Å². The first-order chi connectivity index (χ1) is 11.9. The van der Waals surface area contributed by atoms with E-state index in [0.29, 0.717) is 12.3 Å². The second-order valence-corrected chi connectivity index (χ2v) is 8.25. The molecule has 2 aromatic rings. The van der Waals surface area contributed by atoms with Crippen LogP contribution in [0.25, 0.3) is 0 Å². The minimum absolute atomic E-state index is 0.0303. The second-order valence-electron chi connectivity index (χ2n) is 6.52. The fourth-order valence-electron chi connectivity index (χ4n) is 3.03. The maximum atomic E-state index is 12.4. The summed E-state index contributed by atoms with van der Waals surface area (Å²) in [5.74, 6) is -0.0303. The molecule has 1 unspecified atom stereocenters. The molecule has 1 heterocycles. The third-order valence-corrected chi connectivity index (χ3v) is 5.45. The van der Waals surface area contributed by atoms with Gasteiger partial charge < -0.3 is 9.64 Å². The summed E-state index contributed by atoms with van der Waals surface area (Å²) >= 11 is 0. The lowest BCUT2D eigenvalue weighted by Gasteiger charge is -2.33. The van der Waals surface area contributed by atoms with Crippen LogP contribution >= 0.6 is 0 Å². The molecule has 1 fully saturated rings. The largest absolute Gasteiger partial charge is 0.375 e. The van der Waals surface area contributed by atoms with Crippen LogP contribution in [0.1, 0.15) is 18.1 Å². The molecule has 0 bridgehead atoms. The Kier molecular flexibility index (Phi) is 5.30. The summed E-state index contributed by atoms with van der Waals surface area (Å²) in [6, 6.07) is 15.1. The number of anilines is 2. The molecule has 0 amide bonds. The van der Waals surface area contributed by atoms with Gasteiger partial charge >= 0.3 is 0 Å². The van der Waals surface area contributed by atoms with E-state index in [1.165, 1.54) is 0 Å². The van der Waals surface area contributed by atoms with Crippen molar-refractivity contribution in [2.45, 2.75) is 25.7 Å². The van der Waals surface area contributed by atoms with Gasteiger partial charge in [-0.25, -0.2) is 8.42 Å². The molecule has 25 heavy (non-hydrogen) atoms. The van der Waals surface area contributed by atoms with Crippen molar-refractivity contribution in [3.63, 3.8) is 0 Å². The standard InChI is InChI=1S/C19H24N2O3S/c1-15-4-3-5-17(12-15)14-25(22,23)20-18-6-8-19(9-7-18)21-10-11-24-16(2)13-21/h3-9,12,16,20H,10-11,13-14H2,1-2H3. The van der Waals surface area contributed by atoms with Crippen LogP contribution in [-0.2, 0) is 20.5 Å². The van der Waals surface area contributed by atoms with Crippen molar-refractivity contribution in [1.82, 2.24) is 0 Å². The molecule has 1 aliphatic heterocycles. The molecule has 134 valence electrons. The summed E-state index contributed by atoms with van der Waals surface area (Å²) in [5.41, 5.74) is 3.50. The predicted molar refractivity (Wildman–Crippen MR) is 101 cm³/mol. The van der Waals surface area contributed by atoms with Crippen LogP contribution in [0.2, 0.25) is 0 Å². The van der Waals surface area contributed by atoms with Gasteiger partial charge in [0.25, 0.3) is 0 Å². The Bertz CT molecular complexity index is 819. The molecule has 2 aromatic carbocycles. The summed E-state index contributed by atoms with van der Waals surface area (Å²) in [7, 11) is -3.43. The van der Waals surface area contributed by atoms with Crippen LogP contribution in [0, 0.1) is 6.92 Å². The Morgan fingerprint density at radius 2 is 1.96 bits per heavy atom. The predicted octanol–water partition coefficient (Wildman–Crippen LogP) is 3.16. The van der Waals surface area contributed by atoms with Crippen LogP contribution in [0.15, 0.2) is 48.5 Å². The summed E-state index contributed by atoms with van der Waals surface area (Å²) in [6.45, 7) is 6.42. The van der Waals surface area contributed by atoms with E-state index in [9.17, 15) is 8.42 Å². The second kappa shape index (κ2) is 7.45. The summed E-state index contributed by atoms with van der Waals surface area (Å²) in [4.78, 5) is 2.25. The molecule has 1 N–H and O–H groups in total. The number of nitrogens with one attached hydrogen (secondary N) is 1. The molecule has 1 saturated heterocycles. The molecule has 0 aliphatic carbocycles. The van der Waals surface area contributed by atoms with E-state index >= 15 is 0 Å². The average Bonchev–Trinajstić information content (AvgIpc) is 2.54. The molecule has 0 radical (unpaired) electrons. The Balaban J connectivity index is 1.66. The van der Waals surface area contributed by atoms with Crippen molar-refractivity contribution in [3.05, 3.63) is 59.7 Å². The van der Waals surface area contributed by atoms with Gasteiger partial charge in [-0.1, -0.05) is 29.8 Å². The molecular formula is C19H24N2O3S. The van der Waals surface area contributed by atoms with Gasteiger partial charge in [0.1, 0.15) is 0 Å². The Labute approximate surface area is 149 Å². The lowest BCUT2D eigenvalue weighted by molar-refractivity contribution is 0.0532. The molecule has 6 heteroatoms. The Morgan fingerprint density at radius 3 is 2.64 bits per heavy atom. The highest BCUT2D eigenvalue weighted by Gasteiger charge is 2.17. The number of morpholine rings is 1. The lowest BCUT2D eigenvalue weighted by Crippen LogP contribution is -2.41. The molecule has 0 aromatic heterocycles. The average molecular weight is 360 g/mol. The van der Waals surface area contributed by atoms with E-state index in [0.717, 1.165) is 29.9 Å². The van der Waals surface area contributed by atoms with Crippen molar-refractivity contribution in [3.8, 4) is 0 Å². The number of benzene rings is 2. The van der Waals surface area contributed by atoms with Gasteiger partial charge in [-0.2, -0.15) is 0 Å². The highest BCUT2D eigenvalue weighted by molar-refractivity contribution is 7.91. The fourth-order valence-corrected chi connectivity index (χ4v) is 4.22. The first kappa shape index (κ1) is 17.8. The van der Waals surface area contributed by atoms with E-state index in [-0.39, 0.29) is 11.9 Å². The summed E-state index contributed by atoms with van der Waals surface area (Å²) in [6.07, 6.45) is 0.209. The number of rotatable bonds is 5. The van der Waals surface area contributed by atoms with Crippen molar-refractivity contribution in [2.75, 3.05) is 29.3 Å². The molecule has 0 saturated carbocycles. The number of sulfonamides is 1. The highest BCUT2D eigenvalue weighted by atomic mass is 32.2. The number of hydrogen-bond acceptors (Lipinski definition) is 4. The normalized spacial score (nSPS) is 18.2. The third kappa shape index (κ3) is 4.96. The molecular weight excluding hydrogens is 336 g/mol. The lowest BCUT2D eigenvalue weighted by atomic mass is 10.2. The number of nitrogens with zero attached hydrogens (tertiary/aromatic N) is 1. The Hall–Kier alpha value is -2.05. The van der Waals surface area contributed by atoms with Crippen molar-refractivity contribution >= 4 is 21.4 Å². The minimum atomic E-state index is -3.43. The van der Waals surface area contributed by atoms with Crippen LogP contribution in [0.5, 0.6) is 0 Å². The first-order valence-corrected chi connectivity index (χ1v) is 10.1. The zero-order valence-corrected chi connectivity index (χ0v) is 15.4. The molecule has 1 aliphatic rings. The monoisotopic (exact) mass is 360 g/mol. The Morgan fingerprint density at radius 1 is 1.20 bits per heavy atom. The third-order valence-electron chi connectivity index (χ3n) is 4.19. The molecule has 5 nitrogen and oxygen atoms in total. The van der Waals surface area contributed by atoms with Gasteiger partial charge in [0.2, 0.25) is 10.0 Å². The maximum absolute atomic E-state index is 12.4. The number of hydrogen-bond donors (Lipinski definition) is 1. The van der Waals surface area contributed by atoms with E-state index in [4.69, 9.17) is 4.74 Å². The van der Waals surface area contributed by atoms with Gasteiger partial charge in [-0.3, -0.25) is 4.72 Å². The fraction of sp³-hybridized carbons (Fsp3) is 0.368. The van der Waals surface area contributed by atoms with Crippen molar-refractivity contribution in [2.24, 2.45) is 0 Å². The van der Waals surface area contributed by atoms with Gasteiger partial charge in [0.15, 0.2) is 0 Å². The van der Waals surface area contributed by atoms with Crippen molar-refractivity contribution in [1.29, 1.82) is 0 Å². The zero-order valence-electron chi connectivity index (χ0n) is 14.6. The first-order valence-electron chi connectivity index (χ1n) is 8.44. The van der Waals surface area contributed by atoms with Gasteiger partial charge in [-0.15, -0.1) is 0 Å². The van der Waals surface area contributed by atoms with Crippen molar-refractivity contribution < 1.29 is 13.2 Å². The van der Waals surface area contributed by atoms with Crippen LogP contribution in [0.3, 0.4) is 0 Å². The zero-order chi connectivity index (χ0) is 17.9. The smallest absolute Gasteiger partial charge is 0.236 e. The summed E-state index contributed by atoms with van der Waals surface area (Å²) < 4.78 is 32.9. The van der Waals surface area contributed by atoms with E-state index in [1.807, 2.05) is 55.5 Å². The van der Waals surface area contributed by atoms with Crippen LogP contribution in [0.4, 0.5) is 11.4 Å². The van der Waals surface area contributed by atoms with E-state index < -0.39 is 10.0 Å². The van der Waals surface area contributed by atoms with Gasteiger partial charge in [-0.05, 0) is 43.7 Å². The topological polar surface area (TPSA) is 58.6 Å². The molecule has 1 atom stereocenters. The van der Waals surface area contributed by atoms with Gasteiger partial charge in [0, 0.05) is 24.5 Å². The quantitative estimate of drug-likeness (QED) is 0.890. The highest BCUT2D eigenvalue weighted by Crippen LogP contribution is 2.21. The maximum Gasteiger partial charge on any atom is 0.236 e. The summed E-state index contributed by atoms with van der Waals surface area (Å²) in [5, 5.41) is 0. The SMILES string of the molecule is Cc1cccc(CS(=O)(=O)Nc2ccc(N3CCOC(C)C3)cc2)c1. The van der Waals surface area contributed by atoms with E-state index in [2.05, 4.69) is 16.5 Å². The number of ether oxygens (including phenoxy) is 1. The minimum Gasteiger partial charge on any atom is -0.375 e. The molecule has 0 spiro atoms. The van der Waals surface area contributed by atoms with Crippen LogP contribution in [-0.4, -0.2) is 34.2 Å². The molecule has 3 rings (SSSR count). The van der Waals surface area contributed by atoms with Gasteiger partial charge in [0.05, 0.1) is 18.5 Å².